The molecule has 1 heterocycles. The van der Waals surface area contributed by atoms with Crippen LogP contribution in [0, 0.1) is 5.92 Å². The molecule has 1 aliphatic heterocycles. The minimum absolute atomic E-state index is 0.0874. The van der Waals surface area contributed by atoms with Crippen molar-refractivity contribution in [1.29, 1.82) is 0 Å². The number of hydrogen-bond donors (Lipinski definition) is 1. The Morgan fingerprint density at radius 1 is 1.33 bits per heavy atom. The highest BCUT2D eigenvalue weighted by molar-refractivity contribution is 5.77. The molecular formula is C16H30N2O3. The van der Waals surface area contributed by atoms with Crippen molar-refractivity contribution >= 4 is 5.91 Å². The number of hydrogen-bond acceptors (Lipinski definition) is 4. The van der Waals surface area contributed by atoms with Gasteiger partial charge in [-0.2, -0.15) is 0 Å². The van der Waals surface area contributed by atoms with Gasteiger partial charge in [0.1, 0.15) is 0 Å². The normalized spacial score (nSPS) is 31.0. The van der Waals surface area contributed by atoms with Crippen molar-refractivity contribution in [3.63, 3.8) is 0 Å². The predicted octanol–water partition coefficient (Wildman–Crippen LogP) is 1.42. The smallest absolute Gasteiger partial charge is 0.234 e. The fraction of sp³-hybridized carbons (Fsp3) is 0.938. The van der Waals surface area contributed by atoms with Crippen LogP contribution >= 0.6 is 0 Å². The third kappa shape index (κ3) is 5.93. The maximum atomic E-state index is 11.9. The summed E-state index contributed by atoms with van der Waals surface area (Å²) in [6, 6.07) is 0. The van der Waals surface area contributed by atoms with Crippen molar-refractivity contribution in [3.8, 4) is 0 Å². The summed E-state index contributed by atoms with van der Waals surface area (Å²) in [6.07, 6.45) is 5.65. The van der Waals surface area contributed by atoms with Gasteiger partial charge in [0, 0.05) is 19.6 Å². The van der Waals surface area contributed by atoms with Crippen molar-refractivity contribution in [3.05, 3.63) is 0 Å². The van der Waals surface area contributed by atoms with Gasteiger partial charge in [0.05, 0.1) is 32.0 Å². The van der Waals surface area contributed by atoms with E-state index in [4.69, 9.17) is 9.47 Å². The van der Waals surface area contributed by atoms with Crippen LogP contribution in [0.5, 0.6) is 0 Å². The third-order valence-corrected chi connectivity index (χ3v) is 4.48. The maximum absolute atomic E-state index is 11.9. The van der Waals surface area contributed by atoms with Crippen molar-refractivity contribution in [2.45, 2.75) is 51.7 Å². The molecule has 5 nitrogen and oxygen atoms in total. The molecule has 2 rings (SSSR count). The summed E-state index contributed by atoms with van der Waals surface area (Å²) in [5.74, 6) is 0.744. The lowest BCUT2D eigenvalue weighted by molar-refractivity contribution is -0.124. The number of carbonyl (C=O) groups is 1. The molecule has 0 aromatic carbocycles. The Bertz CT molecular complexity index is 325. The maximum Gasteiger partial charge on any atom is 0.234 e. The highest BCUT2D eigenvalue weighted by Gasteiger charge is 2.22. The van der Waals surface area contributed by atoms with E-state index in [1.807, 2.05) is 6.92 Å². The molecule has 1 amide bonds. The van der Waals surface area contributed by atoms with Crippen LogP contribution in [0.25, 0.3) is 0 Å². The molecule has 0 spiro atoms. The summed E-state index contributed by atoms with van der Waals surface area (Å²) in [6.45, 7) is 8.41. The van der Waals surface area contributed by atoms with Gasteiger partial charge < -0.3 is 14.8 Å². The van der Waals surface area contributed by atoms with Crippen LogP contribution in [0.3, 0.4) is 0 Å². The summed E-state index contributed by atoms with van der Waals surface area (Å²) < 4.78 is 11.4. The molecule has 2 fully saturated rings. The average molecular weight is 298 g/mol. The number of ether oxygens (including phenoxy) is 2. The van der Waals surface area contributed by atoms with E-state index in [0.717, 1.165) is 19.7 Å². The van der Waals surface area contributed by atoms with E-state index in [0.29, 0.717) is 31.7 Å². The molecular weight excluding hydrogens is 268 g/mol. The summed E-state index contributed by atoms with van der Waals surface area (Å²) >= 11 is 0. The molecule has 2 aliphatic rings. The quantitative estimate of drug-likeness (QED) is 0.754. The van der Waals surface area contributed by atoms with Gasteiger partial charge in [-0.15, -0.1) is 0 Å². The molecule has 21 heavy (non-hydrogen) atoms. The number of nitrogens with one attached hydrogen (secondary N) is 1. The van der Waals surface area contributed by atoms with Gasteiger partial charge in [-0.05, 0) is 25.7 Å². The molecule has 3 unspecified atom stereocenters. The van der Waals surface area contributed by atoms with Crippen LogP contribution in [-0.2, 0) is 14.3 Å². The van der Waals surface area contributed by atoms with Crippen molar-refractivity contribution in [2.24, 2.45) is 5.92 Å². The van der Waals surface area contributed by atoms with Crippen molar-refractivity contribution < 1.29 is 14.3 Å². The first-order chi connectivity index (χ1) is 10.1. The van der Waals surface area contributed by atoms with Gasteiger partial charge in [0.2, 0.25) is 5.91 Å². The zero-order chi connectivity index (χ0) is 15.1. The molecule has 1 saturated carbocycles. The molecule has 1 saturated heterocycles. The van der Waals surface area contributed by atoms with E-state index < -0.39 is 0 Å². The Hall–Kier alpha value is -0.650. The number of nitrogens with zero attached hydrogens (tertiary/aromatic N) is 1. The molecule has 122 valence electrons. The number of carbonyl (C=O) groups excluding carboxylic acids is 1. The molecule has 3 atom stereocenters. The van der Waals surface area contributed by atoms with Gasteiger partial charge in [-0.3, -0.25) is 9.69 Å². The first-order valence-electron chi connectivity index (χ1n) is 8.37. The standard InChI is InChI=1S/C16H30N2O3/c1-13-5-3-4-6-15(13)21-9-7-17-16(19)12-18-8-10-20-14(2)11-18/h13-15H,3-12H2,1-2H3,(H,17,19). The molecule has 5 heteroatoms. The Morgan fingerprint density at radius 2 is 2.14 bits per heavy atom. The fourth-order valence-electron chi connectivity index (χ4n) is 3.22. The van der Waals surface area contributed by atoms with Crippen molar-refractivity contribution in [1.82, 2.24) is 10.2 Å². The second-order valence-electron chi connectivity index (χ2n) is 6.44. The van der Waals surface area contributed by atoms with Gasteiger partial charge in [0.15, 0.2) is 0 Å². The SMILES string of the molecule is CC1CN(CC(=O)NCCOC2CCCCC2C)CCO1. The minimum Gasteiger partial charge on any atom is -0.376 e. The van der Waals surface area contributed by atoms with Crippen molar-refractivity contribution in [2.75, 3.05) is 39.4 Å². The predicted molar refractivity (Wildman–Crippen MR) is 82.2 cm³/mol. The molecule has 0 radical (unpaired) electrons. The Kier molecular flexibility index (Phi) is 6.93. The zero-order valence-corrected chi connectivity index (χ0v) is 13.5. The number of morpholine rings is 1. The second kappa shape index (κ2) is 8.71. The largest absolute Gasteiger partial charge is 0.376 e. The van der Waals surface area contributed by atoms with Crippen LogP contribution in [0.2, 0.25) is 0 Å². The van der Waals surface area contributed by atoms with E-state index in [-0.39, 0.29) is 12.0 Å². The Morgan fingerprint density at radius 3 is 2.90 bits per heavy atom. The highest BCUT2D eigenvalue weighted by Crippen LogP contribution is 2.25. The van der Waals surface area contributed by atoms with Gasteiger partial charge in [-0.25, -0.2) is 0 Å². The highest BCUT2D eigenvalue weighted by atomic mass is 16.5. The van der Waals surface area contributed by atoms with E-state index >= 15 is 0 Å². The first-order valence-corrected chi connectivity index (χ1v) is 8.37. The van der Waals surface area contributed by atoms with Gasteiger partial charge in [-0.1, -0.05) is 19.8 Å². The average Bonchev–Trinajstić information content (AvgIpc) is 2.45. The lowest BCUT2D eigenvalue weighted by atomic mass is 9.88. The van der Waals surface area contributed by atoms with Gasteiger partial charge >= 0.3 is 0 Å². The Balaban J connectivity index is 1.54. The lowest BCUT2D eigenvalue weighted by Gasteiger charge is -2.30. The zero-order valence-electron chi connectivity index (χ0n) is 13.5. The minimum atomic E-state index is 0.0874. The van der Waals surface area contributed by atoms with E-state index in [1.165, 1.54) is 25.7 Å². The molecule has 1 aliphatic carbocycles. The van der Waals surface area contributed by atoms with E-state index in [1.54, 1.807) is 0 Å². The monoisotopic (exact) mass is 298 g/mol. The molecule has 0 bridgehead atoms. The summed E-state index contributed by atoms with van der Waals surface area (Å²) in [5.41, 5.74) is 0. The third-order valence-electron chi connectivity index (χ3n) is 4.48. The van der Waals surface area contributed by atoms with E-state index in [9.17, 15) is 4.79 Å². The second-order valence-corrected chi connectivity index (χ2v) is 6.44. The van der Waals surface area contributed by atoms with E-state index in [2.05, 4.69) is 17.1 Å². The lowest BCUT2D eigenvalue weighted by Crippen LogP contribution is -2.46. The van der Waals surface area contributed by atoms with Gasteiger partial charge in [0.25, 0.3) is 0 Å². The number of amides is 1. The van der Waals surface area contributed by atoms with Crippen LogP contribution < -0.4 is 5.32 Å². The summed E-state index contributed by atoms with van der Waals surface area (Å²) in [5, 5.41) is 2.95. The van der Waals surface area contributed by atoms with Crippen LogP contribution in [0.15, 0.2) is 0 Å². The fourth-order valence-corrected chi connectivity index (χ4v) is 3.22. The summed E-state index contributed by atoms with van der Waals surface area (Å²) in [4.78, 5) is 14.0. The molecule has 1 N–H and O–H groups in total. The van der Waals surface area contributed by atoms with Crippen LogP contribution in [0.4, 0.5) is 0 Å². The van der Waals surface area contributed by atoms with Crippen LogP contribution in [0.1, 0.15) is 39.5 Å². The Labute approximate surface area is 128 Å². The summed E-state index contributed by atoms with van der Waals surface area (Å²) in [7, 11) is 0. The first kappa shape index (κ1) is 16.7. The number of rotatable bonds is 6. The topological polar surface area (TPSA) is 50.8 Å². The molecule has 0 aromatic heterocycles. The molecule has 0 aromatic rings. The van der Waals surface area contributed by atoms with Crippen LogP contribution in [-0.4, -0.2) is 62.4 Å².